The zero-order chi connectivity index (χ0) is 7.23. The van der Waals surface area contributed by atoms with Gasteiger partial charge >= 0.3 is 0 Å². The smallest absolute Gasteiger partial charge is 0.127 e. The Labute approximate surface area is 63.4 Å². The van der Waals surface area contributed by atoms with Crippen molar-refractivity contribution in [3.63, 3.8) is 0 Å². The van der Waals surface area contributed by atoms with E-state index in [4.69, 9.17) is 0 Å². The molecule has 0 aromatic carbocycles. The molecule has 0 unspecified atom stereocenters. The molecule has 10 heavy (non-hydrogen) atoms. The molecule has 0 aromatic heterocycles. The maximum Gasteiger partial charge on any atom is 0.127 e. The first kappa shape index (κ1) is 8.02. The van der Waals surface area contributed by atoms with Gasteiger partial charge in [-0.3, -0.25) is 0 Å². The standard InChI is InChI=1S/C8H18N2/c9-5-8-10-6-3-1-2-4-7-10/h1-9H2/p+2. The Hall–Kier alpha value is -0.0800. The molecule has 1 fully saturated rings. The van der Waals surface area contributed by atoms with Crippen molar-refractivity contribution < 1.29 is 10.6 Å². The third kappa shape index (κ3) is 2.67. The predicted molar refractivity (Wildman–Crippen MR) is 41.8 cm³/mol. The first-order valence-corrected chi connectivity index (χ1v) is 4.56. The molecule has 60 valence electrons. The maximum atomic E-state index is 3.89. The highest BCUT2D eigenvalue weighted by molar-refractivity contribution is 4.46. The molecule has 1 aliphatic heterocycles. The highest BCUT2D eigenvalue weighted by Crippen LogP contribution is 1.98. The van der Waals surface area contributed by atoms with Gasteiger partial charge in [0, 0.05) is 0 Å². The first-order valence-electron chi connectivity index (χ1n) is 4.56. The molecule has 4 N–H and O–H groups in total. The van der Waals surface area contributed by atoms with E-state index in [1.165, 1.54) is 45.3 Å². The summed E-state index contributed by atoms with van der Waals surface area (Å²) >= 11 is 0. The van der Waals surface area contributed by atoms with Gasteiger partial charge in [0.1, 0.15) is 13.1 Å². The van der Waals surface area contributed by atoms with Crippen LogP contribution in [0.2, 0.25) is 0 Å². The summed E-state index contributed by atoms with van der Waals surface area (Å²) in [7, 11) is 0. The Morgan fingerprint density at radius 2 is 1.60 bits per heavy atom. The van der Waals surface area contributed by atoms with Gasteiger partial charge in [0.05, 0.1) is 13.1 Å². The molecule has 0 atom stereocenters. The summed E-state index contributed by atoms with van der Waals surface area (Å²) in [6.07, 6.45) is 5.80. The highest BCUT2D eigenvalue weighted by atomic mass is 15.1. The molecule has 2 nitrogen and oxygen atoms in total. The van der Waals surface area contributed by atoms with Crippen LogP contribution in [0.25, 0.3) is 0 Å². The third-order valence-corrected chi connectivity index (χ3v) is 2.34. The number of nitrogens with one attached hydrogen (secondary N) is 1. The average Bonchev–Trinajstić information content (AvgIpc) is 2.17. The van der Waals surface area contributed by atoms with E-state index in [2.05, 4.69) is 5.73 Å². The monoisotopic (exact) mass is 144 g/mol. The Morgan fingerprint density at radius 3 is 2.10 bits per heavy atom. The van der Waals surface area contributed by atoms with Crippen molar-refractivity contribution >= 4 is 0 Å². The van der Waals surface area contributed by atoms with Gasteiger partial charge in [-0.2, -0.15) is 0 Å². The van der Waals surface area contributed by atoms with E-state index >= 15 is 0 Å². The second-order valence-electron chi connectivity index (χ2n) is 3.27. The zero-order valence-electron chi connectivity index (χ0n) is 6.86. The lowest BCUT2D eigenvalue weighted by Gasteiger charge is -2.13. The van der Waals surface area contributed by atoms with E-state index < -0.39 is 0 Å². The molecule has 0 bridgehead atoms. The fourth-order valence-electron chi connectivity index (χ4n) is 1.73. The maximum absolute atomic E-state index is 3.89. The van der Waals surface area contributed by atoms with E-state index in [-0.39, 0.29) is 0 Å². The van der Waals surface area contributed by atoms with Gasteiger partial charge in [-0.05, 0) is 25.7 Å². The lowest BCUT2D eigenvalue weighted by atomic mass is 10.2. The largest absolute Gasteiger partial charge is 0.353 e. The molecule has 1 rings (SSSR count). The summed E-state index contributed by atoms with van der Waals surface area (Å²) in [6, 6.07) is 0. The van der Waals surface area contributed by atoms with Crippen LogP contribution < -0.4 is 10.6 Å². The van der Waals surface area contributed by atoms with Crippen molar-refractivity contribution in [2.45, 2.75) is 25.7 Å². The Morgan fingerprint density at radius 1 is 1.00 bits per heavy atom. The van der Waals surface area contributed by atoms with Crippen molar-refractivity contribution in [3.8, 4) is 0 Å². The van der Waals surface area contributed by atoms with E-state index in [0.29, 0.717) is 0 Å². The van der Waals surface area contributed by atoms with Crippen molar-refractivity contribution in [1.29, 1.82) is 0 Å². The van der Waals surface area contributed by atoms with Gasteiger partial charge in [0.2, 0.25) is 0 Å². The molecule has 1 aliphatic rings. The molecule has 0 aliphatic carbocycles. The van der Waals surface area contributed by atoms with Crippen LogP contribution in [0, 0.1) is 0 Å². The molecule has 0 aromatic rings. The second kappa shape index (κ2) is 4.69. The minimum atomic E-state index is 1.11. The molecule has 0 saturated carbocycles. The number of likely N-dealkylation sites (tertiary alicyclic amines) is 1. The lowest BCUT2D eigenvalue weighted by molar-refractivity contribution is -0.904. The Kier molecular flexibility index (Phi) is 3.76. The number of rotatable bonds is 2. The fraction of sp³-hybridized carbons (Fsp3) is 1.00. The molecular weight excluding hydrogens is 124 g/mol. The Bertz CT molecular complexity index is 75.3. The number of hydrogen-bond donors (Lipinski definition) is 2. The van der Waals surface area contributed by atoms with E-state index in [0.717, 1.165) is 6.54 Å². The van der Waals surface area contributed by atoms with Gasteiger partial charge < -0.3 is 10.6 Å². The summed E-state index contributed by atoms with van der Waals surface area (Å²) < 4.78 is 0. The van der Waals surface area contributed by atoms with Crippen LogP contribution in [-0.2, 0) is 0 Å². The van der Waals surface area contributed by atoms with Crippen LogP contribution in [0.4, 0.5) is 0 Å². The van der Waals surface area contributed by atoms with Crippen LogP contribution in [0.5, 0.6) is 0 Å². The number of quaternary nitrogens is 2. The summed E-state index contributed by atoms with van der Waals surface area (Å²) in [6.45, 7) is 5.19. The molecule has 0 amide bonds. The minimum Gasteiger partial charge on any atom is -0.353 e. The van der Waals surface area contributed by atoms with Crippen molar-refractivity contribution in [2.75, 3.05) is 26.2 Å². The molecule has 0 radical (unpaired) electrons. The molecule has 1 saturated heterocycles. The van der Waals surface area contributed by atoms with Crippen LogP contribution in [-0.4, -0.2) is 26.2 Å². The van der Waals surface area contributed by atoms with Gasteiger partial charge in [0.25, 0.3) is 0 Å². The Balaban J connectivity index is 2.15. The molecule has 1 heterocycles. The van der Waals surface area contributed by atoms with Gasteiger partial charge in [-0.25, -0.2) is 0 Å². The molecule has 0 spiro atoms. The molecular formula is C8H20N2+2. The summed E-state index contributed by atoms with van der Waals surface area (Å²) in [4.78, 5) is 1.78. The van der Waals surface area contributed by atoms with Crippen molar-refractivity contribution in [1.82, 2.24) is 0 Å². The fourth-order valence-corrected chi connectivity index (χ4v) is 1.73. The van der Waals surface area contributed by atoms with Gasteiger partial charge in [-0.15, -0.1) is 0 Å². The van der Waals surface area contributed by atoms with Gasteiger partial charge in [0.15, 0.2) is 0 Å². The van der Waals surface area contributed by atoms with Crippen molar-refractivity contribution in [3.05, 3.63) is 0 Å². The average molecular weight is 144 g/mol. The van der Waals surface area contributed by atoms with Crippen molar-refractivity contribution in [2.24, 2.45) is 0 Å². The van der Waals surface area contributed by atoms with Gasteiger partial charge in [-0.1, -0.05) is 0 Å². The molecule has 2 heteroatoms. The summed E-state index contributed by atoms with van der Waals surface area (Å²) in [5, 5.41) is 0. The third-order valence-electron chi connectivity index (χ3n) is 2.34. The first-order chi connectivity index (χ1) is 4.93. The summed E-state index contributed by atoms with van der Waals surface area (Å²) in [5.74, 6) is 0. The number of hydrogen-bond acceptors (Lipinski definition) is 0. The van der Waals surface area contributed by atoms with Crippen LogP contribution in [0.3, 0.4) is 0 Å². The summed E-state index contributed by atoms with van der Waals surface area (Å²) in [5.41, 5.74) is 3.89. The zero-order valence-corrected chi connectivity index (χ0v) is 6.86. The van der Waals surface area contributed by atoms with E-state index in [1.54, 1.807) is 4.90 Å². The normalized spacial score (nSPS) is 22.5. The SMILES string of the molecule is [NH3+]CC[NH+]1CCCCCC1. The van der Waals surface area contributed by atoms with Crippen LogP contribution in [0.1, 0.15) is 25.7 Å². The highest BCUT2D eigenvalue weighted by Gasteiger charge is 2.10. The van der Waals surface area contributed by atoms with E-state index in [1.807, 2.05) is 0 Å². The lowest BCUT2D eigenvalue weighted by Crippen LogP contribution is -3.13. The van der Waals surface area contributed by atoms with Crippen LogP contribution in [0.15, 0.2) is 0 Å². The van der Waals surface area contributed by atoms with Crippen LogP contribution >= 0.6 is 0 Å². The quantitative estimate of drug-likeness (QED) is 0.482. The predicted octanol–water partition coefficient (Wildman–Crippen LogP) is -1.31. The second-order valence-corrected chi connectivity index (χ2v) is 3.27. The topological polar surface area (TPSA) is 32.1 Å². The van der Waals surface area contributed by atoms with E-state index in [9.17, 15) is 0 Å². The minimum absolute atomic E-state index is 1.11.